The number of carboxylic acid groups (broad SMARTS) is 1. The smallest absolute Gasteiger partial charge is 0.304 e. The highest BCUT2D eigenvalue weighted by atomic mass is 16.4. The van der Waals surface area contributed by atoms with Crippen LogP contribution in [0.15, 0.2) is 12.2 Å². The van der Waals surface area contributed by atoms with Gasteiger partial charge in [-0.1, -0.05) is 19.1 Å². The van der Waals surface area contributed by atoms with Gasteiger partial charge in [-0.05, 0) is 20.3 Å². The van der Waals surface area contributed by atoms with Crippen LogP contribution in [0.4, 0.5) is 0 Å². The molecule has 0 amide bonds. The van der Waals surface area contributed by atoms with Crippen LogP contribution in [0.3, 0.4) is 0 Å². The Balaban J connectivity index is 4.09. The Bertz CT molecular complexity index is 201. The molecule has 0 heterocycles. The van der Waals surface area contributed by atoms with E-state index in [1.165, 1.54) is 0 Å². The second-order valence-corrected chi connectivity index (χ2v) is 3.83. The Hall–Kier alpha value is -0.830. The van der Waals surface area contributed by atoms with Crippen LogP contribution in [-0.2, 0) is 4.79 Å². The van der Waals surface area contributed by atoms with Crippen molar-refractivity contribution in [3.63, 3.8) is 0 Å². The predicted molar refractivity (Wildman–Crippen MR) is 58.4 cm³/mol. The summed E-state index contributed by atoms with van der Waals surface area (Å²) >= 11 is 0. The molecule has 1 N–H and O–H groups in total. The molecule has 0 saturated heterocycles. The Kier molecular flexibility index (Phi) is 6.21. The summed E-state index contributed by atoms with van der Waals surface area (Å²) in [5, 5.41) is 8.60. The molecule has 0 aliphatic carbocycles. The molecule has 0 aromatic carbocycles. The van der Waals surface area contributed by atoms with Gasteiger partial charge >= 0.3 is 5.97 Å². The van der Waals surface area contributed by atoms with Crippen molar-refractivity contribution in [1.82, 2.24) is 4.90 Å². The Morgan fingerprint density at radius 3 is 2.50 bits per heavy atom. The van der Waals surface area contributed by atoms with E-state index in [-0.39, 0.29) is 6.42 Å². The minimum atomic E-state index is -0.736. The number of aliphatic carboxylic acids is 1. The van der Waals surface area contributed by atoms with Gasteiger partial charge in [0, 0.05) is 19.1 Å². The molecule has 0 bridgehead atoms. The maximum absolute atomic E-state index is 10.5. The average Bonchev–Trinajstić information content (AvgIpc) is 2.10. The minimum absolute atomic E-state index is 0.206. The highest BCUT2D eigenvalue weighted by Gasteiger charge is 2.12. The fraction of sp³-hybridized carbons (Fsp3) is 0.727. The fourth-order valence-corrected chi connectivity index (χ4v) is 1.30. The Labute approximate surface area is 86.4 Å². The van der Waals surface area contributed by atoms with Crippen molar-refractivity contribution >= 4 is 5.97 Å². The second kappa shape index (κ2) is 6.60. The van der Waals surface area contributed by atoms with E-state index in [4.69, 9.17) is 5.11 Å². The fourth-order valence-electron chi connectivity index (χ4n) is 1.30. The van der Waals surface area contributed by atoms with Crippen molar-refractivity contribution < 1.29 is 9.90 Å². The van der Waals surface area contributed by atoms with Crippen LogP contribution < -0.4 is 0 Å². The first-order chi connectivity index (χ1) is 6.47. The highest BCUT2D eigenvalue weighted by Crippen LogP contribution is 2.07. The summed E-state index contributed by atoms with van der Waals surface area (Å²) in [6.07, 6.45) is 1.24. The number of nitrogens with zero attached hydrogens (tertiary/aromatic N) is 1. The van der Waals surface area contributed by atoms with Crippen molar-refractivity contribution in [3.8, 4) is 0 Å². The lowest BCUT2D eigenvalue weighted by Crippen LogP contribution is -2.35. The molecule has 82 valence electrons. The van der Waals surface area contributed by atoms with Gasteiger partial charge in [-0.3, -0.25) is 9.69 Å². The van der Waals surface area contributed by atoms with Gasteiger partial charge in [-0.25, -0.2) is 0 Å². The SMILES string of the molecule is C=C(C)CN(CCC(=O)O)C(C)CC. The number of carboxylic acids is 1. The van der Waals surface area contributed by atoms with Crippen LogP contribution in [0.2, 0.25) is 0 Å². The zero-order valence-corrected chi connectivity index (χ0v) is 9.42. The van der Waals surface area contributed by atoms with Crippen molar-refractivity contribution in [3.05, 3.63) is 12.2 Å². The van der Waals surface area contributed by atoms with Gasteiger partial charge in [0.15, 0.2) is 0 Å². The molecule has 0 aliphatic heterocycles. The number of hydrogen-bond donors (Lipinski definition) is 1. The molecule has 0 aromatic heterocycles. The van der Waals surface area contributed by atoms with E-state index >= 15 is 0 Å². The lowest BCUT2D eigenvalue weighted by molar-refractivity contribution is -0.137. The molecule has 1 unspecified atom stereocenters. The topological polar surface area (TPSA) is 40.5 Å². The van der Waals surface area contributed by atoms with Gasteiger partial charge in [0.2, 0.25) is 0 Å². The third-order valence-corrected chi connectivity index (χ3v) is 2.30. The summed E-state index contributed by atoms with van der Waals surface area (Å²) < 4.78 is 0. The maximum atomic E-state index is 10.5. The zero-order valence-electron chi connectivity index (χ0n) is 9.42. The highest BCUT2D eigenvalue weighted by molar-refractivity contribution is 5.66. The summed E-state index contributed by atoms with van der Waals surface area (Å²) in [5.41, 5.74) is 1.08. The van der Waals surface area contributed by atoms with Crippen molar-refractivity contribution in [2.45, 2.75) is 39.7 Å². The van der Waals surface area contributed by atoms with Gasteiger partial charge in [-0.2, -0.15) is 0 Å². The molecule has 0 saturated carbocycles. The number of rotatable bonds is 7. The van der Waals surface area contributed by atoms with Gasteiger partial charge < -0.3 is 5.11 Å². The van der Waals surface area contributed by atoms with Gasteiger partial charge in [0.25, 0.3) is 0 Å². The Morgan fingerprint density at radius 2 is 2.14 bits per heavy atom. The van der Waals surface area contributed by atoms with Crippen molar-refractivity contribution in [2.75, 3.05) is 13.1 Å². The molecular formula is C11H21NO2. The average molecular weight is 199 g/mol. The van der Waals surface area contributed by atoms with E-state index in [0.29, 0.717) is 12.6 Å². The zero-order chi connectivity index (χ0) is 11.1. The molecule has 14 heavy (non-hydrogen) atoms. The van der Waals surface area contributed by atoms with Crippen LogP contribution in [-0.4, -0.2) is 35.1 Å². The first-order valence-electron chi connectivity index (χ1n) is 5.07. The number of carbonyl (C=O) groups is 1. The Morgan fingerprint density at radius 1 is 1.57 bits per heavy atom. The molecule has 0 rings (SSSR count). The van der Waals surface area contributed by atoms with Gasteiger partial charge in [0.1, 0.15) is 0 Å². The van der Waals surface area contributed by atoms with E-state index in [1.54, 1.807) is 0 Å². The van der Waals surface area contributed by atoms with E-state index in [1.807, 2.05) is 6.92 Å². The van der Waals surface area contributed by atoms with Crippen molar-refractivity contribution in [2.24, 2.45) is 0 Å². The summed E-state index contributed by atoms with van der Waals surface area (Å²) in [5.74, 6) is -0.736. The maximum Gasteiger partial charge on any atom is 0.304 e. The molecular weight excluding hydrogens is 178 g/mol. The molecule has 0 radical (unpaired) electrons. The summed E-state index contributed by atoms with van der Waals surface area (Å²) in [7, 11) is 0. The molecule has 0 aromatic rings. The lowest BCUT2D eigenvalue weighted by Gasteiger charge is -2.27. The van der Waals surface area contributed by atoms with Crippen LogP contribution in [0.1, 0.15) is 33.6 Å². The summed E-state index contributed by atoms with van der Waals surface area (Å²) in [6, 6.07) is 0.422. The van der Waals surface area contributed by atoms with E-state index < -0.39 is 5.97 Å². The summed E-state index contributed by atoms with van der Waals surface area (Å²) in [4.78, 5) is 12.6. The van der Waals surface area contributed by atoms with Crippen LogP contribution in [0.25, 0.3) is 0 Å². The quantitative estimate of drug-likeness (QED) is 0.639. The van der Waals surface area contributed by atoms with Crippen LogP contribution in [0.5, 0.6) is 0 Å². The molecule has 3 heteroatoms. The van der Waals surface area contributed by atoms with E-state index in [2.05, 4.69) is 25.3 Å². The predicted octanol–water partition coefficient (Wildman–Crippen LogP) is 2.14. The normalized spacial score (nSPS) is 12.9. The molecule has 0 fully saturated rings. The third kappa shape index (κ3) is 5.75. The lowest BCUT2D eigenvalue weighted by atomic mass is 10.2. The molecule has 0 aliphatic rings. The minimum Gasteiger partial charge on any atom is -0.481 e. The second-order valence-electron chi connectivity index (χ2n) is 3.83. The molecule has 0 spiro atoms. The first-order valence-corrected chi connectivity index (χ1v) is 5.07. The largest absolute Gasteiger partial charge is 0.481 e. The van der Waals surface area contributed by atoms with Crippen molar-refractivity contribution in [1.29, 1.82) is 0 Å². The summed E-state index contributed by atoms with van der Waals surface area (Å²) in [6.45, 7) is 11.4. The standard InChI is InChI=1S/C11H21NO2/c1-5-10(4)12(8-9(2)3)7-6-11(13)14/h10H,2,5-8H2,1,3-4H3,(H,13,14). The van der Waals surface area contributed by atoms with Gasteiger partial charge in [-0.15, -0.1) is 0 Å². The first kappa shape index (κ1) is 13.2. The molecule has 1 atom stereocenters. The van der Waals surface area contributed by atoms with Gasteiger partial charge in [0.05, 0.1) is 6.42 Å². The third-order valence-electron chi connectivity index (χ3n) is 2.30. The van der Waals surface area contributed by atoms with Crippen LogP contribution >= 0.6 is 0 Å². The number of hydrogen-bond acceptors (Lipinski definition) is 2. The van der Waals surface area contributed by atoms with E-state index in [0.717, 1.165) is 18.5 Å². The van der Waals surface area contributed by atoms with Crippen LogP contribution in [0, 0.1) is 0 Å². The molecule has 3 nitrogen and oxygen atoms in total. The monoisotopic (exact) mass is 199 g/mol. The van der Waals surface area contributed by atoms with E-state index in [9.17, 15) is 4.79 Å².